The van der Waals surface area contributed by atoms with Crippen LogP contribution in [-0.4, -0.2) is 11.6 Å². The second-order valence-corrected chi connectivity index (χ2v) is 3.25. The molecule has 1 aromatic carbocycles. The summed E-state index contributed by atoms with van der Waals surface area (Å²) in [5.74, 6) is 0.0222. The van der Waals surface area contributed by atoms with Gasteiger partial charge in [-0.25, -0.2) is 0 Å². The molecular weight excluding hydrogens is 178 g/mol. The number of ketones is 2. The molecular formula is C11H13NO2. The van der Waals surface area contributed by atoms with Crippen molar-refractivity contribution in [1.82, 2.24) is 0 Å². The van der Waals surface area contributed by atoms with E-state index >= 15 is 0 Å². The first-order valence-electron chi connectivity index (χ1n) is 4.48. The Morgan fingerprint density at radius 3 is 2.21 bits per heavy atom. The number of carbonyl (C=O) groups is 2. The highest BCUT2D eigenvalue weighted by molar-refractivity contribution is 5.98. The topological polar surface area (TPSA) is 60.2 Å². The molecule has 0 heterocycles. The van der Waals surface area contributed by atoms with Crippen molar-refractivity contribution in [3.63, 3.8) is 0 Å². The zero-order chi connectivity index (χ0) is 10.6. The molecule has 0 spiro atoms. The summed E-state index contributed by atoms with van der Waals surface area (Å²) in [5.41, 5.74) is 6.73. The molecule has 0 radical (unpaired) electrons. The maximum absolute atomic E-state index is 11.5. The highest BCUT2D eigenvalue weighted by Crippen LogP contribution is 2.09. The number of anilines is 1. The summed E-state index contributed by atoms with van der Waals surface area (Å²) in [6.45, 7) is 1.48. The third-order valence-corrected chi connectivity index (χ3v) is 1.94. The predicted molar refractivity (Wildman–Crippen MR) is 55.1 cm³/mol. The van der Waals surface area contributed by atoms with Gasteiger partial charge in [-0.2, -0.15) is 0 Å². The predicted octanol–water partition coefficient (Wildman–Crippen LogP) is 1.82. The molecule has 3 heteroatoms. The second kappa shape index (κ2) is 4.56. The first-order chi connectivity index (χ1) is 6.59. The smallest absolute Gasteiger partial charge is 0.163 e. The molecule has 3 nitrogen and oxygen atoms in total. The molecule has 0 amide bonds. The Labute approximate surface area is 82.9 Å². The molecule has 0 aromatic heterocycles. The fourth-order valence-electron chi connectivity index (χ4n) is 1.10. The van der Waals surface area contributed by atoms with Crippen molar-refractivity contribution in [1.29, 1.82) is 0 Å². The third kappa shape index (κ3) is 3.01. The average molecular weight is 191 g/mol. The monoisotopic (exact) mass is 191 g/mol. The number of carbonyl (C=O) groups excluding carboxylic acids is 2. The average Bonchev–Trinajstić information content (AvgIpc) is 2.15. The number of nitrogens with two attached hydrogens (primary N) is 1. The van der Waals surface area contributed by atoms with Crippen molar-refractivity contribution < 1.29 is 9.59 Å². The Balaban J connectivity index is 2.61. The third-order valence-electron chi connectivity index (χ3n) is 1.94. The van der Waals surface area contributed by atoms with Gasteiger partial charge in [0.2, 0.25) is 0 Å². The first-order valence-corrected chi connectivity index (χ1v) is 4.48. The van der Waals surface area contributed by atoms with E-state index in [-0.39, 0.29) is 18.0 Å². The van der Waals surface area contributed by atoms with Gasteiger partial charge in [0, 0.05) is 24.1 Å². The molecule has 1 rings (SSSR count). The van der Waals surface area contributed by atoms with E-state index in [1.54, 1.807) is 24.3 Å². The molecule has 2 N–H and O–H groups in total. The van der Waals surface area contributed by atoms with E-state index in [2.05, 4.69) is 0 Å². The summed E-state index contributed by atoms with van der Waals surface area (Å²) in [7, 11) is 0. The summed E-state index contributed by atoms with van der Waals surface area (Å²) in [6.07, 6.45) is 0.586. The number of benzene rings is 1. The van der Waals surface area contributed by atoms with Crippen LogP contribution in [0.1, 0.15) is 30.1 Å². The standard InChI is InChI=1S/C11H13NO2/c1-8(13)2-7-11(14)9-3-5-10(12)6-4-9/h3-6H,2,7,12H2,1H3. The minimum atomic E-state index is -0.0137. The van der Waals surface area contributed by atoms with E-state index in [1.165, 1.54) is 6.92 Å². The molecule has 74 valence electrons. The fraction of sp³-hybridized carbons (Fsp3) is 0.273. The van der Waals surface area contributed by atoms with Crippen LogP contribution in [0.25, 0.3) is 0 Å². The first kappa shape index (κ1) is 10.4. The number of hydrogen-bond acceptors (Lipinski definition) is 3. The Kier molecular flexibility index (Phi) is 3.40. The molecule has 0 bridgehead atoms. The molecule has 14 heavy (non-hydrogen) atoms. The van der Waals surface area contributed by atoms with Gasteiger partial charge < -0.3 is 10.5 Å². The van der Waals surface area contributed by atoms with E-state index in [9.17, 15) is 9.59 Å². The van der Waals surface area contributed by atoms with Crippen LogP contribution in [0.15, 0.2) is 24.3 Å². The highest BCUT2D eigenvalue weighted by Gasteiger charge is 2.06. The van der Waals surface area contributed by atoms with Gasteiger partial charge in [-0.1, -0.05) is 0 Å². The van der Waals surface area contributed by atoms with Crippen LogP contribution in [0.5, 0.6) is 0 Å². The van der Waals surface area contributed by atoms with Gasteiger partial charge >= 0.3 is 0 Å². The van der Waals surface area contributed by atoms with E-state index in [0.717, 1.165) is 0 Å². The van der Waals surface area contributed by atoms with Gasteiger partial charge in [-0.15, -0.1) is 0 Å². The van der Waals surface area contributed by atoms with Crippen LogP contribution >= 0.6 is 0 Å². The quantitative estimate of drug-likeness (QED) is 0.583. The molecule has 0 fully saturated rings. The summed E-state index contributed by atoms with van der Waals surface area (Å²) < 4.78 is 0. The summed E-state index contributed by atoms with van der Waals surface area (Å²) >= 11 is 0. The maximum Gasteiger partial charge on any atom is 0.163 e. The Morgan fingerprint density at radius 2 is 1.71 bits per heavy atom. The lowest BCUT2D eigenvalue weighted by Crippen LogP contribution is -2.02. The number of Topliss-reactive ketones (excluding diaryl/α,β-unsaturated/α-hetero) is 2. The molecule has 0 aliphatic carbocycles. The van der Waals surface area contributed by atoms with E-state index < -0.39 is 0 Å². The molecule has 0 atom stereocenters. The van der Waals surface area contributed by atoms with Crippen molar-refractivity contribution in [3.05, 3.63) is 29.8 Å². The van der Waals surface area contributed by atoms with Gasteiger partial charge in [0.15, 0.2) is 5.78 Å². The van der Waals surface area contributed by atoms with Crippen LogP contribution < -0.4 is 5.73 Å². The van der Waals surface area contributed by atoms with Gasteiger partial charge in [0.05, 0.1) is 0 Å². The summed E-state index contributed by atoms with van der Waals surface area (Å²) in [6, 6.07) is 6.72. The lowest BCUT2D eigenvalue weighted by atomic mass is 10.1. The zero-order valence-corrected chi connectivity index (χ0v) is 8.12. The minimum Gasteiger partial charge on any atom is -0.399 e. The van der Waals surface area contributed by atoms with Crippen LogP contribution in [0, 0.1) is 0 Å². The Hall–Kier alpha value is -1.64. The van der Waals surface area contributed by atoms with Crippen LogP contribution in [0.3, 0.4) is 0 Å². The second-order valence-electron chi connectivity index (χ2n) is 3.25. The minimum absolute atomic E-state index is 0.0137. The Morgan fingerprint density at radius 1 is 1.14 bits per heavy atom. The van der Waals surface area contributed by atoms with Gasteiger partial charge in [0.25, 0.3) is 0 Å². The fourth-order valence-corrected chi connectivity index (χ4v) is 1.10. The molecule has 0 aliphatic heterocycles. The van der Waals surface area contributed by atoms with Crippen LogP contribution in [0.2, 0.25) is 0 Å². The molecule has 0 saturated carbocycles. The summed E-state index contributed by atoms with van der Waals surface area (Å²) in [4.78, 5) is 22.1. The normalized spacial score (nSPS) is 9.79. The van der Waals surface area contributed by atoms with Crippen molar-refractivity contribution in [2.45, 2.75) is 19.8 Å². The van der Waals surface area contributed by atoms with Gasteiger partial charge in [-0.05, 0) is 31.2 Å². The number of hydrogen-bond donors (Lipinski definition) is 1. The number of nitrogen functional groups attached to an aromatic ring is 1. The SMILES string of the molecule is CC(=O)CCC(=O)c1ccc(N)cc1. The summed E-state index contributed by atoms with van der Waals surface area (Å²) in [5, 5.41) is 0. The molecule has 0 unspecified atom stereocenters. The van der Waals surface area contributed by atoms with Crippen molar-refractivity contribution >= 4 is 17.3 Å². The lowest BCUT2D eigenvalue weighted by Gasteiger charge is -1.99. The molecule has 1 aromatic rings. The Bertz CT molecular complexity index is 341. The van der Waals surface area contributed by atoms with Crippen molar-refractivity contribution in [2.24, 2.45) is 0 Å². The zero-order valence-electron chi connectivity index (χ0n) is 8.12. The van der Waals surface area contributed by atoms with Crippen LogP contribution in [0.4, 0.5) is 5.69 Å². The highest BCUT2D eigenvalue weighted by atomic mass is 16.1. The van der Waals surface area contributed by atoms with Crippen molar-refractivity contribution in [3.8, 4) is 0 Å². The molecule has 0 saturated heterocycles. The maximum atomic E-state index is 11.5. The van der Waals surface area contributed by atoms with E-state index in [1.807, 2.05) is 0 Å². The largest absolute Gasteiger partial charge is 0.399 e. The lowest BCUT2D eigenvalue weighted by molar-refractivity contribution is -0.116. The molecule has 0 aliphatic rings. The van der Waals surface area contributed by atoms with E-state index in [0.29, 0.717) is 17.7 Å². The number of rotatable bonds is 4. The van der Waals surface area contributed by atoms with Crippen LogP contribution in [-0.2, 0) is 4.79 Å². The van der Waals surface area contributed by atoms with Gasteiger partial charge in [0.1, 0.15) is 5.78 Å². The van der Waals surface area contributed by atoms with Gasteiger partial charge in [-0.3, -0.25) is 4.79 Å². The van der Waals surface area contributed by atoms with Crippen molar-refractivity contribution in [2.75, 3.05) is 5.73 Å². The van der Waals surface area contributed by atoms with E-state index in [4.69, 9.17) is 5.73 Å².